The lowest BCUT2D eigenvalue weighted by molar-refractivity contribution is -0.132. The topological polar surface area (TPSA) is 58.6 Å². The average Bonchev–Trinajstić information content (AvgIpc) is 2.58. The van der Waals surface area contributed by atoms with Crippen molar-refractivity contribution < 1.29 is 14.3 Å². The van der Waals surface area contributed by atoms with Crippen LogP contribution in [0.2, 0.25) is 10.0 Å². The van der Waals surface area contributed by atoms with Gasteiger partial charge in [-0.2, -0.15) is 0 Å². The van der Waals surface area contributed by atoms with Crippen molar-refractivity contribution in [2.75, 3.05) is 16.8 Å². The Morgan fingerprint density at radius 2 is 1.77 bits per heavy atom. The fourth-order valence-corrected chi connectivity index (χ4v) is 3.03. The van der Waals surface area contributed by atoms with Gasteiger partial charge in [-0.3, -0.25) is 9.59 Å². The van der Waals surface area contributed by atoms with Gasteiger partial charge in [0.05, 0.1) is 5.69 Å². The zero-order valence-corrected chi connectivity index (χ0v) is 15.9. The highest BCUT2D eigenvalue weighted by molar-refractivity contribution is 6.31. The number of carbonyl (C=O) groups is 2. The third-order valence-corrected chi connectivity index (χ3v) is 4.51. The Hall–Kier alpha value is -2.24. The van der Waals surface area contributed by atoms with E-state index in [1.165, 1.54) is 0 Å². The van der Waals surface area contributed by atoms with Crippen LogP contribution in [0, 0.1) is 0 Å². The number of ether oxygens (including phenoxy) is 1. The molecule has 1 heterocycles. The molecule has 1 aliphatic rings. The van der Waals surface area contributed by atoms with E-state index in [2.05, 4.69) is 5.32 Å². The highest BCUT2D eigenvalue weighted by atomic mass is 35.5. The quantitative estimate of drug-likeness (QED) is 0.831. The molecule has 5 nitrogen and oxygen atoms in total. The highest BCUT2D eigenvalue weighted by Gasteiger charge is 2.40. The second kappa shape index (κ2) is 7.17. The van der Waals surface area contributed by atoms with Crippen LogP contribution in [0.1, 0.15) is 20.3 Å². The Kier molecular flexibility index (Phi) is 5.12. The fourth-order valence-electron chi connectivity index (χ4n) is 2.73. The summed E-state index contributed by atoms with van der Waals surface area (Å²) in [6.07, 6.45) is 0.135. The average molecular weight is 393 g/mol. The highest BCUT2D eigenvalue weighted by Crippen LogP contribution is 2.39. The molecule has 0 aliphatic carbocycles. The van der Waals surface area contributed by atoms with Crippen molar-refractivity contribution in [3.8, 4) is 5.75 Å². The molecule has 2 aromatic rings. The Balaban J connectivity index is 1.73. The molecule has 1 aliphatic heterocycles. The standard InChI is InChI=1S/C19H18Cl2N2O3/c1-19(2)18(25)23(15-11-13(21)5-8-16(15)26-19)10-9-17(24)22-14-6-3-12(20)4-7-14/h3-8,11H,9-10H2,1-2H3,(H,22,24). The van der Waals surface area contributed by atoms with Crippen molar-refractivity contribution in [1.29, 1.82) is 0 Å². The molecule has 0 saturated carbocycles. The third-order valence-electron chi connectivity index (χ3n) is 4.03. The van der Waals surface area contributed by atoms with E-state index in [0.717, 1.165) is 0 Å². The summed E-state index contributed by atoms with van der Waals surface area (Å²) in [4.78, 5) is 26.5. The Labute approximate surface area is 161 Å². The van der Waals surface area contributed by atoms with Crippen LogP contribution < -0.4 is 15.0 Å². The number of carbonyl (C=O) groups excluding carboxylic acids is 2. The van der Waals surface area contributed by atoms with Crippen LogP contribution in [0.3, 0.4) is 0 Å². The van der Waals surface area contributed by atoms with Crippen LogP contribution >= 0.6 is 23.2 Å². The summed E-state index contributed by atoms with van der Waals surface area (Å²) < 4.78 is 5.77. The van der Waals surface area contributed by atoms with E-state index in [-0.39, 0.29) is 24.8 Å². The maximum Gasteiger partial charge on any atom is 0.270 e. The van der Waals surface area contributed by atoms with E-state index in [1.54, 1.807) is 61.2 Å². The lowest BCUT2D eigenvalue weighted by Gasteiger charge is -2.38. The summed E-state index contributed by atoms with van der Waals surface area (Å²) in [5.41, 5.74) is 0.214. The van der Waals surface area contributed by atoms with Crippen LogP contribution in [0.5, 0.6) is 5.75 Å². The molecular formula is C19H18Cl2N2O3. The van der Waals surface area contributed by atoms with Crippen LogP contribution in [-0.4, -0.2) is 24.0 Å². The van der Waals surface area contributed by atoms with Crippen molar-refractivity contribution in [3.63, 3.8) is 0 Å². The zero-order valence-electron chi connectivity index (χ0n) is 14.4. The lowest BCUT2D eigenvalue weighted by Crippen LogP contribution is -2.53. The lowest BCUT2D eigenvalue weighted by atomic mass is 10.0. The summed E-state index contributed by atoms with van der Waals surface area (Å²) in [6.45, 7) is 3.62. The summed E-state index contributed by atoms with van der Waals surface area (Å²) in [6, 6.07) is 11.9. The molecule has 0 radical (unpaired) electrons. The first kappa shape index (κ1) is 18.5. The molecule has 7 heteroatoms. The van der Waals surface area contributed by atoms with Gasteiger partial charge in [0.2, 0.25) is 5.91 Å². The molecule has 1 N–H and O–H groups in total. The SMILES string of the molecule is CC1(C)Oc2ccc(Cl)cc2N(CCC(=O)Nc2ccc(Cl)cc2)C1=O. The van der Waals surface area contributed by atoms with Gasteiger partial charge in [0, 0.05) is 28.7 Å². The number of rotatable bonds is 4. The van der Waals surface area contributed by atoms with Crippen molar-refractivity contribution in [1.82, 2.24) is 0 Å². The first-order valence-corrected chi connectivity index (χ1v) is 8.88. The minimum atomic E-state index is -1.01. The van der Waals surface area contributed by atoms with Crippen LogP contribution in [0.4, 0.5) is 11.4 Å². The van der Waals surface area contributed by atoms with Gasteiger partial charge in [-0.05, 0) is 56.3 Å². The molecule has 0 spiro atoms. The summed E-state index contributed by atoms with van der Waals surface area (Å²) in [5, 5.41) is 3.88. The van der Waals surface area contributed by atoms with E-state index in [0.29, 0.717) is 27.2 Å². The van der Waals surface area contributed by atoms with Gasteiger partial charge in [-0.1, -0.05) is 23.2 Å². The van der Waals surface area contributed by atoms with Gasteiger partial charge >= 0.3 is 0 Å². The van der Waals surface area contributed by atoms with Gasteiger partial charge in [-0.15, -0.1) is 0 Å². The van der Waals surface area contributed by atoms with E-state index in [9.17, 15) is 9.59 Å². The van der Waals surface area contributed by atoms with E-state index in [1.807, 2.05) is 0 Å². The number of halogens is 2. The predicted molar refractivity (Wildman–Crippen MR) is 103 cm³/mol. The van der Waals surface area contributed by atoms with Crippen molar-refractivity contribution in [3.05, 3.63) is 52.5 Å². The van der Waals surface area contributed by atoms with E-state index in [4.69, 9.17) is 27.9 Å². The van der Waals surface area contributed by atoms with Crippen LogP contribution in [0.15, 0.2) is 42.5 Å². The number of anilines is 2. The van der Waals surface area contributed by atoms with Gasteiger partial charge < -0.3 is 15.0 Å². The van der Waals surface area contributed by atoms with Crippen LogP contribution in [-0.2, 0) is 9.59 Å². The predicted octanol–water partition coefficient (Wildman–Crippen LogP) is 4.53. The number of hydrogen-bond acceptors (Lipinski definition) is 3. The number of benzene rings is 2. The van der Waals surface area contributed by atoms with Crippen molar-refractivity contribution in [2.45, 2.75) is 25.9 Å². The molecule has 2 amide bonds. The molecule has 0 fully saturated rings. The Bertz CT molecular complexity index is 850. The molecule has 0 atom stereocenters. The smallest absolute Gasteiger partial charge is 0.270 e. The first-order valence-electron chi connectivity index (χ1n) is 8.12. The minimum absolute atomic E-state index is 0.135. The molecule has 0 bridgehead atoms. The van der Waals surface area contributed by atoms with Crippen molar-refractivity contribution in [2.24, 2.45) is 0 Å². The Morgan fingerprint density at radius 3 is 2.46 bits per heavy atom. The zero-order chi connectivity index (χ0) is 18.9. The monoisotopic (exact) mass is 392 g/mol. The maximum absolute atomic E-state index is 12.7. The normalized spacial score (nSPS) is 15.2. The summed E-state index contributed by atoms with van der Waals surface area (Å²) in [5.74, 6) is 0.150. The van der Waals surface area contributed by atoms with Gasteiger partial charge in [0.25, 0.3) is 5.91 Å². The summed E-state index contributed by atoms with van der Waals surface area (Å²) in [7, 11) is 0. The fraction of sp³-hybridized carbons (Fsp3) is 0.263. The minimum Gasteiger partial charge on any atom is -0.476 e. The number of hydrogen-bond donors (Lipinski definition) is 1. The second-order valence-electron chi connectivity index (χ2n) is 6.49. The third kappa shape index (κ3) is 3.94. The van der Waals surface area contributed by atoms with Crippen molar-refractivity contribution >= 4 is 46.4 Å². The second-order valence-corrected chi connectivity index (χ2v) is 7.36. The summed E-state index contributed by atoms with van der Waals surface area (Å²) >= 11 is 11.9. The van der Waals surface area contributed by atoms with E-state index < -0.39 is 5.60 Å². The molecule has 0 saturated heterocycles. The maximum atomic E-state index is 12.7. The Morgan fingerprint density at radius 1 is 1.12 bits per heavy atom. The number of amides is 2. The molecule has 0 unspecified atom stereocenters. The van der Waals surface area contributed by atoms with Gasteiger partial charge in [0.1, 0.15) is 5.75 Å². The molecule has 136 valence electrons. The van der Waals surface area contributed by atoms with Crippen LogP contribution in [0.25, 0.3) is 0 Å². The molecule has 0 aromatic heterocycles. The number of nitrogens with one attached hydrogen (secondary N) is 1. The van der Waals surface area contributed by atoms with E-state index >= 15 is 0 Å². The first-order chi connectivity index (χ1) is 12.3. The molecule has 3 rings (SSSR count). The largest absolute Gasteiger partial charge is 0.476 e. The number of fused-ring (bicyclic) bond motifs is 1. The molecular weight excluding hydrogens is 375 g/mol. The number of nitrogens with zero attached hydrogens (tertiary/aromatic N) is 1. The molecule has 26 heavy (non-hydrogen) atoms. The van der Waals surface area contributed by atoms with Gasteiger partial charge in [-0.25, -0.2) is 0 Å². The van der Waals surface area contributed by atoms with Gasteiger partial charge in [0.15, 0.2) is 5.60 Å². The molecule has 2 aromatic carbocycles.